The molecular weight excluding hydrogens is 126 g/mol. The Balaban J connectivity index is 2.38. The third kappa shape index (κ3) is 1.70. The lowest BCUT2D eigenvalue weighted by atomic mass is 10.0. The highest BCUT2D eigenvalue weighted by Crippen LogP contribution is 2.28. The van der Waals surface area contributed by atoms with Crippen LogP contribution < -0.4 is 5.32 Å². The molecule has 0 spiro atoms. The van der Waals surface area contributed by atoms with Crippen molar-refractivity contribution in [3.63, 3.8) is 0 Å². The average molecular weight is 143 g/mol. The van der Waals surface area contributed by atoms with Gasteiger partial charge in [-0.25, -0.2) is 0 Å². The molecule has 0 saturated carbocycles. The first kappa shape index (κ1) is 8.02. The van der Waals surface area contributed by atoms with E-state index in [4.69, 9.17) is 4.74 Å². The normalized spacial score (nSPS) is 40.5. The zero-order valence-electron chi connectivity index (χ0n) is 7.11. The van der Waals surface area contributed by atoms with Crippen molar-refractivity contribution in [2.45, 2.75) is 38.4 Å². The summed E-state index contributed by atoms with van der Waals surface area (Å²) in [6, 6.07) is 0. The standard InChI is InChI=1S/C8H17NO/c1-7-4-5-8(2,10-7)6-9-3/h7,9H,4-6H2,1-3H3. The molecule has 10 heavy (non-hydrogen) atoms. The second-order valence-electron chi connectivity index (χ2n) is 3.45. The van der Waals surface area contributed by atoms with E-state index in [0.717, 1.165) is 6.54 Å². The first-order chi connectivity index (χ1) is 4.66. The van der Waals surface area contributed by atoms with Crippen LogP contribution in [0.25, 0.3) is 0 Å². The number of rotatable bonds is 2. The van der Waals surface area contributed by atoms with Crippen molar-refractivity contribution < 1.29 is 4.74 Å². The summed E-state index contributed by atoms with van der Waals surface area (Å²) >= 11 is 0. The quantitative estimate of drug-likeness (QED) is 0.626. The highest BCUT2D eigenvalue weighted by molar-refractivity contribution is 4.84. The van der Waals surface area contributed by atoms with Gasteiger partial charge in [0.25, 0.3) is 0 Å². The lowest BCUT2D eigenvalue weighted by molar-refractivity contribution is -0.0181. The van der Waals surface area contributed by atoms with Gasteiger partial charge < -0.3 is 10.1 Å². The van der Waals surface area contributed by atoms with E-state index in [1.165, 1.54) is 12.8 Å². The topological polar surface area (TPSA) is 21.3 Å². The van der Waals surface area contributed by atoms with Crippen LogP contribution in [0.4, 0.5) is 0 Å². The SMILES string of the molecule is CNCC1(C)CCC(C)O1. The molecule has 0 aromatic rings. The summed E-state index contributed by atoms with van der Waals surface area (Å²) in [5, 5.41) is 3.15. The van der Waals surface area contributed by atoms with Gasteiger partial charge >= 0.3 is 0 Å². The number of ether oxygens (including phenoxy) is 1. The molecule has 0 bridgehead atoms. The molecule has 0 aromatic heterocycles. The van der Waals surface area contributed by atoms with E-state index < -0.39 is 0 Å². The third-order valence-corrected chi connectivity index (χ3v) is 2.12. The van der Waals surface area contributed by atoms with Crippen molar-refractivity contribution in [2.24, 2.45) is 0 Å². The molecule has 1 aliphatic heterocycles. The van der Waals surface area contributed by atoms with Crippen molar-refractivity contribution in [1.82, 2.24) is 5.32 Å². The molecule has 1 rings (SSSR count). The van der Waals surface area contributed by atoms with Crippen LogP contribution in [0.15, 0.2) is 0 Å². The summed E-state index contributed by atoms with van der Waals surface area (Å²) in [5.74, 6) is 0. The molecule has 2 atom stereocenters. The second kappa shape index (κ2) is 2.89. The first-order valence-electron chi connectivity index (χ1n) is 3.99. The maximum atomic E-state index is 5.73. The number of hydrogen-bond acceptors (Lipinski definition) is 2. The summed E-state index contributed by atoms with van der Waals surface area (Å²) in [6.07, 6.45) is 2.85. The fourth-order valence-electron chi connectivity index (χ4n) is 1.62. The molecule has 0 amide bonds. The van der Waals surface area contributed by atoms with Crippen LogP contribution in [0.2, 0.25) is 0 Å². The molecule has 60 valence electrons. The molecular formula is C8H17NO. The third-order valence-electron chi connectivity index (χ3n) is 2.12. The molecule has 1 saturated heterocycles. The van der Waals surface area contributed by atoms with Crippen LogP contribution in [-0.2, 0) is 4.74 Å². The molecule has 0 radical (unpaired) electrons. The van der Waals surface area contributed by atoms with E-state index >= 15 is 0 Å². The van der Waals surface area contributed by atoms with E-state index in [0.29, 0.717) is 6.10 Å². The largest absolute Gasteiger partial charge is 0.371 e. The van der Waals surface area contributed by atoms with Crippen LogP contribution >= 0.6 is 0 Å². The smallest absolute Gasteiger partial charge is 0.0782 e. The van der Waals surface area contributed by atoms with E-state index in [-0.39, 0.29) is 5.60 Å². The Bertz CT molecular complexity index is 112. The van der Waals surface area contributed by atoms with Gasteiger partial charge in [-0.05, 0) is 33.7 Å². The Morgan fingerprint density at radius 1 is 1.70 bits per heavy atom. The zero-order chi connectivity index (χ0) is 7.61. The summed E-state index contributed by atoms with van der Waals surface area (Å²) < 4.78 is 5.73. The summed E-state index contributed by atoms with van der Waals surface area (Å²) in [4.78, 5) is 0. The van der Waals surface area contributed by atoms with Crippen LogP contribution in [-0.4, -0.2) is 25.3 Å². The minimum Gasteiger partial charge on any atom is -0.371 e. The molecule has 2 nitrogen and oxygen atoms in total. The van der Waals surface area contributed by atoms with Gasteiger partial charge in [-0.3, -0.25) is 0 Å². The van der Waals surface area contributed by atoms with Crippen molar-refractivity contribution in [1.29, 1.82) is 0 Å². The predicted octanol–water partition coefficient (Wildman–Crippen LogP) is 1.16. The second-order valence-corrected chi connectivity index (χ2v) is 3.45. The summed E-state index contributed by atoms with van der Waals surface area (Å²) in [6.45, 7) is 5.28. The zero-order valence-corrected chi connectivity index (χ0v) is 7.11. The van der Waals surface area contributed by atoms with E-state index in [1.54, 1.807) is 0 Å². The Morgan fingerprint density at radius 2 is 2.40 bits per heavy atom. The molecule has 1 fully saturated rings. The van der Waals surface area contributed by atoms with Crippen LogP contribution in [0, 0.1) is 0 Å². The van der Waals surface area contributed by atoms with Crippen molar-refractivity contribution in [3.05, 3.63) is 0 Å². The van der Waals surface area contributed by atoms with Crippen molar-refractivity contribution >= 4 is 0 Å². The van der Waals surface area contributed by atoms with Gasteiger partial charge in [0, 0.05) is 6.54 Å². The van der Waals surface area contributed by atoms with E-state index in [2.05, 4.69) is 19.2 Å². The first-order valence-corrected chi connectivity index (χ1v) is 3.99. The Hall–Kier alpha value is -0.0800. The van der Waals surface area contributed by atoms with Gasteiger partial charge in [-0.1, -0.05) is 0 Å². The van der Waals surface area contributed by atoms with E-state index in [9.17, 15) is 0 Å². The molecule has 1 heterocycles. The minimum absolute atomic E-state index is 0.105. The number of likely N-dealkylation sites (N-methyl/N-ethyl adjacent to an activating group) is 1. The van der Waals surface area contributed by atoms with Crippen molar-refractivity contribution in [2.75, 3.05) is 13.6 Å². The van der Waals surface area contributed by atoms with Gasteiger partial charge in [0.05, 0.1) is 11.7 Å². The molecule has 2 heteroatoms. The number of hydrogen-bond donors (Lipinski definition) is 1. The van der Waals surface area contributed by atoms with Gasteiger partial charge in [0.2, 0.25) is 0 Å². The fourth-order valence-corrected chi connectivity index (χ4v) is 1.62. The summed E-state index contributed by atoms with van der Waals surface area (Å²) in [7, 11) is 1.97. The van der Waals surface area contributed by atoms with Gasteiger partial charge in [0.15, 0.2) is 0 Å². The highest BCUT2D eigenvalue weighted by atomic mass is 16.5. The maximum Gasteiger partial charge on any atom is 0.0782 e. The fraction of sp³-hybridized carbons (Fsp3) is 1.00. The predicted molar refractivity (Wildman–Crippen MR) is 42.1 cm³/mol. The molecule has 2 unspecified atom stereocenters. The molecule has 1 aliphatic rings. The molecule has 0 aliphatic carbocycles. The summed E-state index contributed by atoms with van der Waals surface area (Å²) in [5.41, 5.74) is 0.105. The number of nitrogens with one attached hydrogen (secondary N) is 1. The minimum atomic E-state index is 0.105. The average Bonchev–Trinajstić information content (AvgIpc) is 2.12. The van der Waals surface area contributed by atoms with E-state index in [1.807, 2.05) is 7.05 Å². The van der Waals surface area contributed by atoms with Crippen LogP contribution in [0.1, 0.15) is 26.7 Å². The molecule has 1 N–H and O–H groups in total. The Morgan fingerprint density at radius 3 is 2.80 bits per heavy atom. The van der Waals surface area contributed by atoms with Crippen molar-refractivity contribution in [3.8, 4) is 0 Å². The lowest BCUT2D eigenvalue weighted by Gasteiger charge is -2.23. The lowest BCUT2D eigenvalue weighted by Crippen LogP contribution is -2.35. The van der Waals surface area contributed by atoms with Crippen LogP contribution in [0.3, 0.4) is 0 Å². The van der Waals surface area contributed by atoms with Gasteiger partial charge in [0.1, 0.15) is 0 Å². The Kier molecular flexibility index (Phi) is 2.32. The molecule has 0 aromatic carbocycles. The Labute approximate surface area is 63.0 Å². The highest BCUT2D eigenvalue weighted by Gasteiger charge is 2.32. The van der Waals surface area contributed by atoms with Crippen LogP contribution in [0.5, 0.6) is 0 Å². The monoisotopic (exact) mass is 143 g/mol. The van der Waals surface area contributed by atoms with Gasteiger partial charge in [-0.15, -0.1) is 0 Å². The van der Waals surface area contributed by atoms with Gasteiger partial charge in [-0.2, -0.15) is 0 Å². The maximum absolute atomic E-state index is 5.73.